The Morgan fingerprint density at radius 3 is 2.64 bits per heavy atom. The monoisotopic (exact) mass is 409 g/mol. The van der Waals surface area contributed by atoms with E-state index in [0.717, 1.165) is 44.3 Å². The van der Waals surface area contributed by atoms with Crippen LogP contribution in [0.1, 0.15) is 25.5 Å². The average molecular weight is 409 g/mol. The summed E-state index contributed by atoms with van der Waals surface area (Å²) in [5.41, 5.74) is -0.0459. The predicted octanol–water partition coefficient (Wildman–Crippen LogP) is 2.57. The fourth-order valence-electron chi connectivity index (χ4n) is 3.24. The maximum absolute atomic E-state index is 14.0. The Bertz CT molecular complexity index is 907. The van der Waals surface area contributed by atoms with E-state index in [9.17, 15) is 17.6 Å². The van der Waals surface area contributed by atoms with Gasteiger partial charge in [-0.1, -0.05) is 0 Å². The van der Waals surface area contributed by atoms with Crippen molar-refractivity contribution in [3.63, 3.8) is 0 Å². The summed E-state index contributed by atoms with van der Waals surface area (Å²) in [7, 11) is -3.81. The number of carbonyl (C=O) groups is 1. The van der Waals surface area contributed by atoms with Crippen LogP contribution in [-0.2, 0) is 21.4 Å². The molecule has 0 bridgehead atoms. The van der Waals surface area contributed by atoms with E-state index in [1.165, 1.54) is 19.1 Å². The van der Waals surface area contributed by atoms with Crippen LogP contribution in [0.2, 0.25) is 0 Å². The molecule has 2 aromatic rings. The average Bonchev–Trinajstić information content (AvgIpc) is 3.15. The molecule has 1 fully saturated rings. The Kier molecular flexibility index (Phi) is 6.48. The minimum absolute atomic E-state index is 0.0459. The van der Waals surface area contributed by atoms with Crippen LogP contribution in [0, 0.1) is 11.7 Å². The van der Waals surface area contributed by atoms with Gasteiger partial charge in [-0.2, -0.15) is 0 Å². The first-order valence-corrected chi connectivity index (χ1v) is 10.6. The Balaban J connectivity index is 1.51. The number of hydrogen-bond donors (Lipinski definition) is 2. The molecular formula is C19H24FN3O4S. The summed E-state index contributed by atoms with van der Waals surface area (Å²) in [6.07, 6.45) is 3.40. The van der Waals surface area contributed by atoms with Crippen LogP contribution in [0.5, 0.6) is 0 Å². The third kappa shape index (κ3) is 5.40. The number of nitrogens with one attached hydrogen (secondary N) is 2. The molecule has 9 heteroatoms. The Labute approximate surface area is 164 Å². The van der Waals surface area contributed by atoms with Crippen molar-refractivity contribution < 1.29 is 22.0 Å². The van der Waals surface area contributed by atoms with Gasteiger partial charge in [0.1, 0.15) is 11.6 Å². The van der Waals surface area contributed by atoms with Crippen molar-refractivity contribution in [2.45, 2.75) is 31.2 Å². The normalized spacial score (nSPS) is 16.2. The third-order valence-corrected chi connectivity index (χ3v) is 6.21. The summed E-state index contributed by atoms with van der Waals surface area (Å²) in [4.78, 5) is 13.1. The van der Waals surface area contributed by atoms with Gasteiger partial charge >= 0.3 is 0 Å². The van der Waals surface area contributed by atoms with Crippen molar-refractivity contribution in [1.29, 1.82) is 0 Å². The summed E-state index contributed by atoms with van der Waals surface area (Å²) < 4.78 is 46.8. The fraction of sp³-hybridized carbons (Fsp3) is 0.421. The number of anilines is 1. The van der Waals surface area contributed by atoms with Crippen LogP contribution >= 0.6 is 0 Å². The number of nitrogens with zero attached hydrogens (tertiary/aromatic N) is 1. The molecule has 2 heterocycles. The lowest BCUT2D eigenvalue weighted by molar-refractivity contribution is -0.114. The number of hydrogen-bond acceptors (Lipinski definition) is 5. The maximum Gasteiger partial charge on any atom is 0.240 e. The highest BCUT2D eigenvalue weighted by Gasteiger charge is 2.23. The van der Waals surface area contributed by atoms with Crippen molar-refractivity contribution in [1.82, 2.24) is 9.62 Å². The number of rotatable bonds is 7. The quantitative estimate of drug-likeness (QED) is 0.733. The van der Waals surface area contributed by atoms with E-state index in [-0.39, 0.29) is 16.5 Å². The van der Waals surface area contributed by atoms with Gasteiger partial charge in [0.05, 0.1) is 23.4 Å². The molecule has 1 aliphatic rings. The van der Waals surface area contributed by atoms with Gasteiger partial charge in [0.15, 0.2) is 0 Å². The largest absolute Gasteiger partial charge is 0.468 e. The SMILES string of the molecule is CC(=O)Nc1ccc(S(=O)(=O)NCC2CCN(Cc3ccco3)CC2)cc1F. The highest BCUT2D eigenvalue weighted by molar-refractivity contribution is 7.89. The van der Waals surface area contributed by atoms with Gasteiger partial charge in [0, 0.05) is 13.5 Å². The summed E-state index contributed by atoms with van der Waals surface area (Å²) in [5, 5.41) is 2.31. The van der Waals surface area contributed by atoms with E-state index in [4.69, 9.17) is 4.42 Å². The van der Waals surface area contributed by atoms with Gasteiger partial charge in [0.25, 0.3) is 0 Å². The van der Waals surface area contributed by atoms with Crippen LogP contribution in [0.4, 0.5) is 10.1 Å². The van der Waals surface area contributed by atoms with Gasteiger partial charge in [-0.15, -0.1) is 0 Å². The van der Waals surface area contributed by atoms with Crippen molar-refractivity contribution in [3.05, 3.63) is 48.2 Å². The third-order valence-electron chi connectivity index (χ3n) is 4.79. The molecule has 1 aliphatic heterocycles. The zero-order valence-corrected chi connectivity index (χ0v) is 16.5. The zero-order valence-electron chi connectivity index (χ0n) is 15.7. The Morgan fingerprint density at radius 1 is 1.29 bits per heavy atom. The number of carbonyl (C=O) groups excluding carboxylic acids is 1. The van der Waals surface area contributed by atoms with Crippen molar-refractivity contribution in [2.24, 2.45) is 5.92 Å². The highest BCUT2D eigenvalue weighted by Crippen LogP contribution is 2.21. The molecule has 1 aromatic heterocycles. The fourth-order valence-corrected chi connectivity index (χ4v) is 4.36. The molecule has 28 heavy (non-hydrogen) atoms. The summed E-state index contributed by atoms with van der Waals surface area (Å²) in [6, 6.07) is 7.25. The summed E-state index contributed by atoms with van der Waals surface area (Å²) in [5.74, 6) is -0.0645. The van der Waals surface area contributed by atoms with Gasteiger partial charge < -0.3 is 9.73 Å². The molecule has 0 radical (unpaired) electrons. The van der Waals surface area contributed by atoms with Gasteiger partial charge in [-0.05, 0) is 62.2 Å². The molecule has 1 aromatic carbocycles. The number of piperidine rings is 1. The smallest absolute Gasteiger partial charge is 0.240 e. The van der Waals surface area contributed by atoms with Crippen LogP contribution in [-0.4, -0.2) is 38.9 Å². The van der Waals surface area contributed by atoms with E-state index in [1.54, 1.807) is 6.26 Å². The first-order valence-electron chi connectivity index (χ1n) is 9.15. The van der Waals surface area contributed by atoms with Gasteiger partial charge in [-0.3, -0.25) is 9.69 Å². The number of likely N-dealkylation sites (tertiary alicyclic amines) is 1. The number of amides is 1. The minimum Gasteiger partial charge on any atom is -0.468 e. The molecule has 1 saturated heterocycles. The first-order chi connectivity index (χ1) is 13.3. The van der Waals surface area contributed by atoms with Crippen LogP contribution in [0.3, 0.4) is 0 Å². The molecule has 0 aliphatic carbocycles. The zero-order chi connectivity index (χ0) is 20.1. The standard InChI is InChI=1S/C19H24FN3O4S/c1-14(24)22-19-5-4-17(11-18(19)20)28(25,26)21-12-15-6-8-23(9-7-15)13-16-3-2-10-27-16/h2-5,10-11,15,21H,6-9,12-13H2,1H3,(H,22,24). The van der Waals surface area contributed by atoms with Crippen molar-refractivity contribution in [3.8, 4) is 0 Å². The molecule has 0 unspecified atom stereocenters. The van der Waals surface area contributed by atoms with E-state index in [0.29, 0.717) is 6.54 Å². The van der Waals surface area contributed by atoms with Crippen molar-refractivity contribution >= 4 is 21.6 Å². The molecule has 3 rings (SSSR count). The molecule has 0 spiro atoms. The van der Waals surface area contributed by atoms with Crippen LogP contribution in [0.25, 0.3) is 0 Å². The lowest BCUT2D eigenvalue weighted by Gasteiger charge is -2.31. The molecule has 7 nitrogen and oxygen atoms in total. The van der Waals surface area contributed by atoms with E-state index in [2.05, 4.69) is 14.9 Å². The topological polar surface area (TPSA) is 91.6 Å². The van der Waals surface area contributed by atoms with E-state index < -0.39 is 21.7 Å². The van der Waals surface area contributed by atoms with Crippen molar-refractivity contribution in [2.75, 3.05) is 25.0 Å². The predicted molar refractivity (Wildman–Crippen MR) is 103 cm³/mol. The maximum atomic E-state index is 14.0. The molecule has 152 valence electrons. The molecular weight excluding hydrogens is 385 g/mol. The lowest BCUT2D eigenvalue weighted by atomic mass is 9.97. The van der Waals surface area contributed by atoms with E-state index >= 15 is 0 Å². The summed E-state index contributed by atoms with van der Waals surface area (Å²) in [6.45, 7) is 4.06. The lowest BCUT2D eigenvalue weighted by Crippen LogP contribution is -2.38. The Hall–Kier alpha value is -2.23. The number of benzene rings is 1. The molecule has 2 N–H and O–H groups in total. The van der Waals surface area contributed by atoms with Gasteiger partial charge in [-0.25, -0.2) is 17.5 Å². The number of sulfonamides is 1. The first kappa shape index (κ1) is 20.5. The number of furan rings is 1. The molecule has 1 amide bonds. The summed E-state index contributed by atoms with van der Waals surface area (Å²) >= 11 is 0. The number of halogens is 1. The van der Waals surface area contributed by atoms with Crippen LogP contribution in [0.15, 0.2) is 45.9 Å². The second-order valence-electron chi connectivity index (χ2n) is 6.97. The Morgan fingerprint density at radius 2 is 2.04 bits per heavy atom. The second kappa shape index (κ2) is 8.85. The van der Waals surface area contributed by atoms with E-state index in [1.807, 2.05) is 12.1 Å². The molecule has 0 atom stereocenters. The van der Waals surface area contributed by atoms with Gasteiger partial charge in [0.2, 0.25) is 15.9 Å². The second-order valence-corrected chi connectivity index (χ2v) is 8.74. The highest BCUT2D eigenvalue weighted by atomic mass is 32.2. The minimum atomic E-state index is -3.81. The van der Waals surface area contributed by atoms with Crippen LogP contribution < -0.4 is 10.0 Å². The molecule has 0 saturated carbocycles.